The van der Waals surface area contributed by atoms with Crippen molar-refractivity contribution < 1.29 is 4.92 Å². The number of nitrogens with zero attached hydrogens (tertiary/aromatic N) is 1. The Balaban J connectivity index is 2.04. The second-order valence-corrected chi connectivity index (χ2v) is 6.37. The molecule has 4 heteroatoms. The lowest BCUT2D eigenvalue weighted by atomic mass is 9.91. The van der Waals surface area contributed by atoms with E-state index in [2.05, 4.69) is 18.2 Å². The summed E-state index contributed by atoms with van der Waals surface area (Å²) in [6, 6.07) is 27.0. The molecule has 0 aliphatic heterocycles. The third-order valence-corrected chi connectivity index (χ3v) is 4.77. The number of halogens is 1. The first-order chi connectivity index (χ1) is 12.7. The zero-order valence-corrected chi connectivity index (χ0v) is 14.5. The van der Waals surface area contributed by atoms with Crippen LogP contribution in [0.5, 0.6) is 0 Å². The highest BCUT2D eigenvalue weighted by molar-refractivity contribution is 6.33. The molecule has 0 radical (unpaired) electrons. The van der Waals surface area contributed by atoms with E-state index in [4.69, 9.17) is 11.6 Å². The van der Waals surface area contributed by atoms with Crippen molar-refractivity contribution in [1.82, 2.24) is 0 Å². The maximum atomic E-state index is 11.6. The SMILES string of the molecule is O=[N+]([O-])c1c(Cl)cccc1-c1ccccc1-c1cccc2ccccc12. The van der Waals surface area contributed by atoms with Crippen molar-refractivity contribution in [3.8, 4) is 22.3 Å². The van der Waals surface area contributed by atoms with Crippen molar-refractivity contribution >= 4 is 28.1 Å². The Morgan fingerprint density at radius 2 is 1.19 bits per heavy atom. The summed E-state index contributed by atoms with van der Waals surface area (Å²) in [5.74, 6) is 0. The molecule has 0 N–H and O–H groups in total. The van der Waals surface area contributed by atoms with Gasteiger partial charge in [-0.1, -0.05) is 84.4 Å². The molecule has 0 saturated heterocycles. The van der Waals surface area contributed by atoms with E-state index in [0.29, 0.717) is 5.56 Å². The average molecular weight is 360 g/mol. The van der Waals surface area contributed by atoms with E-state index in [1.165, 1.54) is 0 Å². The molecule has 4 aromatic carbocycles. The Hall–Kier alpha value is -3.17. The highest BCUT2D eigenvalue weighted by Crippen LogP contribution is 2.41. The standard InChI is InChI=1S/C22H14ClNO2/c23-21-14-6-13-20(22(21)24(25)26)19-11-4-3-10-18(19)17-12-5-8-15-7-1-2-9-16(15)17/h1-14H. The van der Waals surface area contributed by atoms with Crippen molar-refractivity contribution in [2.45, 2.75) is 0 Å². The monoisotopic (exact) mass is 359 g/mol. The smallest absolute Gasteiger partial charge is 0.258 e. The fraction of sp³-hybridized carbons (Fsp3) is 0. The molecule has 0 aliphatic carbocycles. The second-order valence-electron chi connectivity index (χ2n) is 5.97. The Kier molecular flexibility index (Phi) is 4.15. The van der Waals surface area contributed by atoms with Crippen LogP contribution in [0.3, 0.4) is 0 Å². The molecule has 0 aromatic heterocycles. The van der Waals surface area contributed by atoms with Gasteiger partial charge in [-0.25, -0.2) is 0 Å². The topological polar surface area (TPSA) is 43.1 Å². The quantitative estimate of drug-likeness (QED) is 0.300. The average Bonchev–Trinajstić information content (AvgIpc) is 2.67. The van der Waals surface area contributed by atoms with Crippen LogP contribution in [0.25, 0.3) is 33.0 Å². The zero-order valence-electron chi connectivity index (χ0n) is 13.7. The van der Waals surface area contributed by atoms with E-state index in [9.17, 15) is 10.1 Å². The molecule has 0 atom stereocenters. The molecule has 0 spiro atoms. The zero-order chi connectivity index (χ0) is 18.1. The highest BCUT2D eigenvalue weighted by atomic mass is 35.5. The van der Waals surface area contributed by atoms with Gasteiger partial charge in [0.15, 0.2) is 0 Å². The molecule has 0 heterocycles. The van der Waals surface area contributed by atoms with Crippen LogP contribution in [0.1, 0.15) is 0 Å². The van der Waals surface area contributed by atoms with Gasteiger partial charge in [-0.05, 0) is 39.6 Å². The van der Waals surface area contributed by atoms with Gasteiger partial charge in [0.25, 0.3) is 5.69 Å². The van der Waals surface area contributed by atoms with Crippen LogP contribution >= 0.6 is 11.6 Å². The van der Waals surface area contributed by atoms with Crippen LogP contribution in [0.4, 0.5) is 5.69 Å². The Bertz CT molecular complexity index is 1130. The molecular formula is C22H14ClNO2. The Morgan fingerprint density at radius 3 is 1.96 bits per heavy atom. The fourth-order valence-electron chi connectivity index (χ4n) is 3.33. The summed E-state index contributed by atoms with van der Waals surface area (Å²) in [7, 11) is 0. The molecule has 0 unspecified atom stereocenters. The van der Waals surface area contributed by atoms with Crippen LogP contribution in [-0.2, 0) is 0 Å². The van der Waals surface area contributed by atoms with Gasteiger partial charge in [-0.15, -0.1) is 0 Å². The minimum Gasteiger partial charge on any atom is -0.258 e. The number of nitro groups is 1. The van der Waals surface area contributed by atoms with Crippen LogP contribution in [0.15, 0.2) is 84.9 Å². The van der Waals surface area contributed by atoms with Gasteiger partial charge in [0, 0.05) is 0 Å². The summed E-state index contributed by atoms with van der Waals surface area (Å²) in [5.41, 5.74) is 3.22. The Labute approximate surface area is 155 Å². The van der Waals surface area contributed by atoms with E-state index in [1.54, 1.807) is 18.2 Å². The molecule has 0 amide bonds. The summed E-state index contributed by atoms with van der Waals surface area (Å²) >= 11 is 6.13. The number of nitro benzene ring substituents is 1. The maximum absolute atomic E-state index is 11.6. The summed E-state index contributed by atoms with van der Waals surface area (Å²) in [6.07, 6.45) is 0. The van der Waals surface area contributed by atoms with Gasteiger partial charge >= 0.3 is 0 Å². The van der Waals surface area contributed by atoms with Gasteiger partial charge in [0.2, 0.25) is 0 Å². The van der Waals surface area contributed by atoms with Crippen molar-refractivity contribution in [2.24, 2.45) is 0 Å². The summed E-state index contributed by atoms with van der Waals surface area (Å²) in [5, 5.41) is 14.0. The highest BCUT2D eigenvalue weighted by Gasteiger charge is 2.22. The van der Waals surface area contributed by atoms with Crippen molar-refractivity contribution in [1.29, 1.82) is 0 Å². The van der Waals surface area contributed by atoms with E-state index in [1.807, 2.05) is 48.5 Å². The van der Waals surface area contributed by atoms with Crippen LogP contribution in [-0.4, -0.2) is 4.92 Å². The minimum absolute atomic E-state index is 0.0677. The Morgan fingerprint density at radius 1 is 0.654 bits per heavy atom. The van der Waals surface area contributed by atoms with Gasteiger partial charge < -0.3 is 0 Å². The van der Waals surface area contributed by atoms with Crippen molar-refractivity contribution in [3.05, 3.63) is 100 Å². The number of para-hydroxylation sites is 1. The van der Waals surface area contributed by atoms with E-state index >= 15 is 0 Å². The molecule has 4 rings (SSSR count). The first-order valence-electron chi connectivity index (χ1n) is 8.17. The van der Waals surface area contributed by atoms with E-state index in [-0.39, 0.29) is 10.7 Å². The van der Waals surface area contributed by atoms with Gasteiger partial charge in [-0.2, -0.15) is 0 Å². The molecule has 3 nitrogen and oxygen atoms in total. The number of hydrogen-bond acceptors (Lipinski definition) is 2. The first kappa shape index (κ1) is 16.3. The number of benzene rings is 4. The summed E-state index contributed by atoms with van der Waals surface area (Å²) in [4.78, 5) is 11.2. The minimum atomic E-state index is -0.419. The molecular weight excluding hydrogens is 346 g/mol. The third-order valence-electron chi connectivity index (χ3n) is 4.47. The van der Waals surface area contributed by atoms with E-state index in [0.717, 1.165) is 27.5 Å². The number of rotatable bonds is 3. The second kappa shape index (κ2) is 6.62. The van der Waals surface area contributed by atoms with Crippen LogP contribution < -0.4 is 0 Å². The lowest BCUT2D eigenvalue weighted by molar-refractivity contribution is -0.384. The van der Waals surface area contributed by atoms with E-state index < -0.39 is 4.92 Å². The molecule has 126 valence electrons. The third kappa shape index (κ3) is 2.72. The van der Waals surface area contributed by atoms with Crippen LogP contribution in [0, 0.1) is 10.1 Å². The predicted octanol–water partition coefficient (Wildman–Crippen LogP) is 6.74. The van der Waals surface area contributed by atoms with Gasteiger partial charge in [-0.3, -0.25) is 10.1 Å². The molecule has 4 aromatic rings. The normalized spacial score (nSPS) is 10.8. The molecule has 0 bridgehead atoms. The molecule has 26 heavy (non-hydrogen) atoms. The fourth-order valence-corrected chi connectivity index (χ4v) is 3.57. The lowest BCUT2D eigenvalue weighted by Crippen LogP contribution is -1.95. The molecule has 0 fully saturated rings. The predicted molar refractivity (Wildman–Crippen MR) is 106 cm³/mol. The number of fused-ring (bicyclic) bond motifs is 1. The first-order valence-corrected chi connectivity index (χ1v) is 8.55. The lowest BCUT2D eigenvalue weighted by Gasteiger charge is -2.13. The number of hydrogen-bond donors (Lipinski definition) is 0. The van der Waals surface area contributed by atoms with Crippen molar-refractivity contribution in [2.75, 3.05) is 0 Å². The van der Waals surface area contributed by atoms with Gasteiger partial charge in [0.05, 0.1) is 10.5 Å². The summed E-state index contributed by atoms with van der Waals surface area (Å²) < 4.78 is 0. The molecule has 0 aliphatic rings. The summed E-state index contributed by atoms with van der Waals surface area (Å²) in [6.45, 7) is 0. The van der Waals surface area contributed by atoms with Gasteiger partial charge in [0.1, 0.15) is 5.02 Å². The molecule has 0 saturated carbocycles. The maximum Gasteiger partial charge on any atom is 0.295 e. The largest absolute Gasteiger partial charge is 0.295 e. The van der Waals surface area contributed by atoms with Crippen LogP contribution in [0.2, 0.25) is 5.02 Å². The van der Waals surface area contributed by atoms with Crippen molar-refractivity contribution in [3.63, 3.8) is 0 Å².